The van der Waals surface area contributed by atoms with E-state index in [4.69, 9.17) is 0 Å². The van der Waals surface area contributed by atoms with Gasteiger partial charge in [0.25, 0.3) is 0 Å². The molecule has 1 atom stereocenters. The Kier molecular flexibility index (Phi) is 7.09. The molecular weight excluding hydrogens is 210 g/mol. The molecule has 1 rings (SSSR count). The van der Waals surface area contributed by atoms with Gasteiger partial charge in [-0.1, -0.05) is 13.8 Å². The molecule has 1 saturated heterocycles. The van der Waals surface area contributed by atoms with Crippen LogP contribution < -0.4 is 5.32 Å². The van der Waals surface area contributed by atoms with Crippen LogP contribution in [0.1, 0.15) is 33.1 Å². The van der Waals surface area contributed by atoms with Crippen LogP contribution in [0.4, 0.5) is 0 Å². The molecule has 1 unspecified atom stereocenters. The minimum absolute atomic E-state index is 0.663. The van der Waals surface area contributed by atoms with E-state index in [1.54, 1.807) is 0 Å². The fourth-order valence-electron chi connectivity index (χ4n) is 2.76. The predicted molar refractivity (Wildman–Crippen MR) is 75.5 cm³/mol. The molecular formula is C14H31N3. The van der Waals surface area contributed by atoms with Crippen LogP contribution in [-0.2, 0) is 0 Å². The Hall–Kier alpha value is -0.120. The molecule has 1 N–H and O–H groups in total. The van der Waals surface area contributed by atoms with Crippen molar-refractivity contribution in [2.24, 2.45) is 5.92 Å². The Balaban J connectivity index is 2.21. The van der Waals surface area contributed by atoms with Gasteiger partial charge >= 0.3 is 0 Å². The van der Waals surface area contributed by atoms with E-state index < -0.39 is 0 Å². The number of likely N-dealkylation sites (tertiary alicyclic amines) is 1. The first-order valence-corrected chi connectivity index (χ1v) is 7.26. The molecule has 0 aliphatic carbocycles. The summed E-state index contributed by atoms with van der Waals surface area (Å²) in [4.78, 5) is 4.97. The molecule has 1 heterocycles. The topological polar surface area (TPSA) is 18.5 Å². The normalized spacial score (nSPS) is 21.0. The maximum atomic E-state index is 3.56. The molecule has 17 heavy (non-hydrogen) atoms. The molecule has 0 aromatic heterocycles. The molecule has 0 spiro atoms. The van der Waals surface area contributed by atoms with Gasteiger partial charge in [0.1, 0.15) is 0 Å². The fourth-order valence-corrected chi connectivity index (χ4v) is 2.76. The summed E-state index contributed by atoms with van der Waals surface area (Å²) in [6.07, 6.45) is 3.98. The van der Waals surface area contributed by atoms with Crippen molar-refractivity contribution in [1.29, 1.82) is 0 Å². The summed E-state index contributed by atoms with van der Waals surface area (Å²) < 4.78 is 0. The highest BCUT2D eigenvalue weighted by atomic mass is 15.1. The van der Waals surface area contributed by atoms with Crippen molar-refractivity contribution < 1.29 is 0 Å². The zero-order valence-electron chi connectivity index (χ0n) is 12.2. The summed E-state index contributed by atoms with van der Waals surface area (Å²) in [6.45, 7) is 10.6. The van der Waals surface area contributed by atoms with Crippen molar-refractivity contribution in [2.45, 2.75) is 39.2 Å². The summed E-state index contributed by atoms with van der Waals surface area (Å²) in [5.41, 5.74) is 0. The largest absolute Gasteiger partial charge is 0.313 e. The van der Waals surface area contributed by atoms with Gasteiger partial charge in [0.2, 0.25) is 0 Å². The van der Waals surface area contributed by atoms with Gasteiger partial charge in [-0.3, -0.25) is 0 Å². The smallest absolute Gasteiger partial charge is 0.0192 e. The lowest BCUT2D eigenvalue weighted by atomic mass is 9.96. The van der Waals surface area contributed by atoms with E-state index in [-0.39, 0.29) is 0 Å². The Morgan fingerprint density at radius 1 is 1.29 bits per heavy atom. The van der Waals surface area contributed by atoms with Crippen molar-refractivity contribution in [2.75, 3.05) is 46.8 Å². The van der Waals surface area contributed by atoms with Gasteiger partial charge in [0.15, 0.2) is 0 Å². The Morgan fingerprint density at radius 3 is 2.47 bits per heavy atom. The van der Waals surface area contributed by atoms with Crippen LogP contribution in [-0.4, -0.2) is 62.7 Å². The van der Waals surface area contributed by atoms with Crippen molar-refractivity contribution in [3.05, 3.63) is 0 Å². The van der Waals surface area contributed by atoms with Crippen LogP contribution in [0.25, 0.3) is 0 Å². The average molecular weight is 241 g/mol. The summed E-state index contributed by atoms with van der Waals surface area (Å²) in [5, 5.41) is 3.56. The van der Waals surface area contributed by atoms with E-state index in [2.05, 4.69) is 43.1 Å². The second-order valence-electron chi connectivity index (χ2n) is 5.63. The number of likely N-dealkylation sites (N-methyl/N-ethyl adjacent to an activating group) is 2. The first-order chi connectivity index (χ1) is 8.15. The third-order valence-corrected chi connectivity index (χ3v) is 3.93. The third kappa shape index (κ3) is 5.84. The zero-order chi connectivity index (χ0) is 12.7. The second kappa shape index (κ2) is 8.06. The monoisotopic (exact) mass is 241 g/mol. The van der Waals surface area contributed by atoms with Gasteiger partial charge in [-0.2, -0.15) is 0 Å². The molecule has 3 heteroatoms. The highest BCUT2D eigenvalue weighted by Gasteiger charge is 2.19. The van der Waals surface area contributed by atoms with Gasteiger partial charge in [0, 0.05) is 19.1 Å². The van der Waals surface area contributed by atoms with Crippen LogP contribution in [0.5, 0.6) is 0 Å². The molecule has 102 valence electrons. The first kappa shape index (κ1) is 14.9. The number of hydrogen-bond acceptors (Lipinski definition) is 3. The molecule has 3 nitrogen and oxygen atoms in total. The Labute approximate surface area is 108 Å². The van der Waals surface area contributed by atoms with Crippen LogP contribution in [0.15, 0.2) is 0 Å². The van der Waals surface area contributed by atoms with Crippen molar-refractivity contribution in [3.63, 3.8) is 0 Å². The summed E-state index contributed by atoms with van der Waals surface area (Å²) in [5.74, 6) is 0.912. The summed E-state index contributed by atoms with van der Waals surface area (Å²) in [6, 6.07) is 0.663. The predicted octanol–water partition coefficient (Wildman–Crippen LogP) is 1.65. The first-order valence-electron chi connectivity index (χ1n) is 7.26. The van der Waals surface area contributed by atoms with Gasteiger partial charge < -0.3 is 15.1 Å². The SMILES string of the molecule is CCNC(CC)CN(C)CC1CCN(C)CC1. The van der Waals surface area contributed by atoms with E-state index in [1.165, 1.54) is 45.4 Å². The Bertz CT molecular complexity index is 188. The number of piperidine rings is 1. The highest BCUT2D eigenvalue weighted by Crippen LogP contribution is 2.16. The summed E-state index contributed by atoms with van der Waals surface area (Å²) >= 11 is 0. The number of hydrogen-bond donors (Lipinski definition) is 1. The van der Waals surface area contributed by atoms with E-state index >= 15 is 0 Å². The van der Waals surface area contributed by atoms with Gasteiger partial charge in [0.05, 0.1) is 0 Å². The molecule has 0 aromatic rings. The van der Waals surface area contributed by atoms with Crippen LogP contribution in [0, 0.1) is 5.92 Å². The van der Waals surface area contributed by atoms with E-state index in [0.717, 1.165) is 12.5 Å². The van der Waals surface area contributed by atoms with Gasteiger partial charge in [-0.25, -0.2) is 0 Å². The van der Waals surface area contributed by atoms with Gasteiger partial charge in [-0.15, -0.1) is 0 Å². The maximum absolute atomic E-state index is 3.56. The number of rotatable bonds is 7. The van der Waals surface area contributed by atoms with Crippen molar-refractivity contribution in [1.82, 2.24) is 15.1 Å². The third-order valence-electron chi connectivity index (χ3n) is 3.93. The quantitative estimate of drug-likeness (QED) is 0.731. The van der Waals surface area contributed by atoms with E-state index in [0.29, 0.717) is 6.04 Å². The lowest BCUT2D eigenvalue weighted by Gasteiger charge is -2.33. The summed E-state index contributed by atoms with van der Waals surface area (Å²) in [7, 11) is 4.51. The standard InChI is InChI=1S/C14H31N3/c1-5-14(15-6-2)12-17(4)11-13-7-9-16(3)10-8-13/h13-15H,5-12H2,1-4H3. The van der Waals surface area contributed by atoms with E-state index in [9.17, 15) is 0 Å². The number of nitrogens with zero attached hydrogens (tertiary/aromatic N) is 2. The molecule has 0 amide bonds. The second-order valence-corrected chi connectivity index (χ2v) is 5.63. The van der Waals surface area contributed by atoms with Crippen molar-refractivity contribution in [3.8, 4) is 0 Å². The van der Waals surface area contributed by atoms with E-state index in [1.807, 2.05) is 0 Å². The van der Waals surface area contributed by atoms with Crippen LogP contribution in [0.2, 0.25) is 0 Å². The zero-order valence-corrected chi connectivity index (χ0v) is 12.2. The molecule has 0 saturated carbocycles. The lowest BCUT2D eigenvalue weighted by Crippen LogP contribution is -2.42. The molecule has 0 radical (unpaired) electrons. The molecule has 0 bridgehead atoms. The minimum Gasteiger partial charge on any atom is -0.313 e. The number of nitrogens with one attached hydrogen (secondary N) is 1. The fraction of sp³-hybridized carbons (Fsp3) is 1.00. The van der Waals surface area contributed by atoms with Crippen molar-refractivity contribution >= 4 is 0 Å². The minimum atomic E-state index is 0.663. The maximum Gasteiger partial charge on any atom is 0.0192 e. The molecule has 1 fully saturated rings. The van der Waals surface area contributed by atoms with Gasteiger partial charge in [-0.05, 0) is 58.9 Å². The Morgan fingerprint density at radius 2 is 1.94 bits per heavy atom. The highest BCUT2D eigenvalue weighted by molar-refractivity contribution is 4.75. The van der Waals surface area contributed by atoms with Crippen LogP contribution in [0.3, 0.4) is 0 Å². The van der Waals surface area contributed by atoms with Crippen LogP contribution >= 0.6 is 0 Å². The molecule has 1 aliphatic rings. The molecule has 0 aromatic carbocycles. The average Bonchev–Trinajstić information content (AvgIpc) is 2.31. The molecule has 1 aliphatic heterocycles. The lowest BCUT2D eigenvalue weighted by molar-refractivity contribution is 0.169.